The Morgan fingerprint density at radius 3 is 3.04 bits per heavy atom. The number of anilines is 1. The summed E-state index contributed by atoms with van der Waals surface area (Å²) < 4.78 is 19.3. The molecule has 6 nitrogen and oxygen atoms in total. The molecule has 0 unspecified atom stereocenters. The summed E-state index contributed by atoms with van der Waals surface area (Å²) in [6.07, 6.45) is 2.49. The van der Waals surface area contributed by atoms with Crippen LogP contribution in [-0.2, 0) is 20.9 Å². The van der Waals surface area contributed by atoms with Crippen molar-refractivity contribution in [2.75, 3.05) is 18.4 Å². The highest BCUT2D eigenvalue weighted by molar-refractivity contribution is 6.01. The van der Waals surface area contributed by atoms with Crippen LogP contribution in [0.3, 0.4) is 0 Å². The van der Waals surface area contributed by atoms with E-state index in [1.165, 1.54) is 12.1 Å². The van der Waals surface area contributed by atoms with Gasteiger partial charge in [0.05, 0.1) is 24.3 Å². The molecule has 2 atom stereocenters. The van der Waals surface area contributed by atoms with Crippen LogP contribution < -0.4 is 5.32 Å². The Kier molecular flexibility index (Phi) is 4.85. The van der Waals surface area contributed by atoms with E-state index >= 15 is 0 Å². The number of nitrogens with one attached hydrogen (secondary N) is 1. The first-order valence-electron chi connectivity index (χ1n) is 9.00. The van der Waals surface area contributed by atoms with Crippen molar-refractivity contribution in [1.82, 2.24) is 9.88 Å². The maximum atomic E-state index is 13.5. The molecular weight excluding hydrogens is 349 g/mol. The second-order valence-electron chi connectivity index (χ2n) is 6.86. The first-order valence-corrected chi connectivity index (χ1v) is 9.00. The number of ether oxygens (including phenoxy) is 1. The zero-order valence-electron chi connectivity index (χ0n) is 14.7. The van der Waals surface area contributed by atoms with Gasteiger partial charge in [-0.1, -0.05) is 12.1 Å². The molecule has 1 fully saturated rings. The molecule has 1 aromatic carbocycles. The second kappa shape index (κ2) is 7.44. The molecule has 0 aliphatic carbocycles. The Balaban J connectivity index is 1.41. The number of carbonyl (C=O) groups is 2. The summed E-state index contributed by atoms with van der Waals surface area (Å²) in [5.74, 6) is -1.40. The van der Waals surface area contributed by atoms with Gasteiger partial charge in [0, 0.05) is 31.4 Å². The third-order valence-corrected chi connectivity index (χ3v) is 5.00. The summed E-state index contributed by atoms with van der Waals surface area (Å²) in [7, 11) is 0. The molecule has 2 aliphatic rings. The molecule has 7 heteroatoms. The lowest BCUT2D eigenvalue weighted by Crippen LogP contribution is -2.38. The molecule has 1 aromatic heterocycles. The predicted octanol–water partition coefficient (Wildman–Crippen LogP) is 2.46. The van der Waals surface area contributed by atoms with Gasteiger partial charge in [-0.05, 0) is 36.2 Å². The molecule has 0 saturated carbocycles. The van der Waals surface area contributed by atoms with Crippen LogP contribution in [0.2, 0.25) is 0 Å². The summed E-state index contributed by atoms with van der Waals surface area (Å²) in [6, 6.07) is 9.81. The largest absolute Gasteiger partial charge is 0.370 e. The number of aromatic nitrogens is 1. The van der Waals surface area contributed by atoms with Crippen LogP contribution >= 0.6 is 0 Å². The fourth-order valence-corrected chi connectivity index (χ4v) is 3.63. The van der Waals surface area contributed by atoms with Gasteiger partial charge in [0.25, 0.3) is 0 Å². The SMILES string of the molecule is O=C1C[C@@H](C(=O)N2CC[C@H](OCc3ccccn3)C2)c2ccc(F)cc2N1. The molecule has 140 valence electrons. The van der Waals surface area contributed by atoms with Gasteiger partial charge < -0.3 is 15.0 Å². The Morgan fingerprint density at radius 1 is 1.33 bits per heavy atom. The number of benzene rings is 1. The Hall–Kier alpha value is -2.80. The number of hydrogen-bond donors (Lipinski definition) is 1. The topological polar surface area (TPSA) is 71.5 Å². The lowest BCUT2D eigenvalue weighted by atomic mass is 9.89. The molecule has 0 spiro atoms. The van der Waals surface area contributed by atoms with Crippen LogP contribution in [0.1, 0.15) is 30.0 Å². The van der Waals surface area contributed by atoms with Gasteiger partial charge in [-0.25, -0.2) is 4.39 Å². The number of halogens is 1. The van der Waals surface area contributed by atoms with E-state index in [-0.39, 0.29) is 24.3 Å². The number of rotatable bonds is 4. The highest BCUT2D eigenvalue weighted by atomic mass is 19.1. The standard InChI is InChI=1S/C20H20FN3O3/c21-13-4-5-16-17(10-19(25)23-18(16)9-13)20(26)24-8-6-15(11-24)27-12-14-3-1-2-7-22-14/h1-5,7,9,15,17H,6,8,10-12H2,(H,23,25)/t15-,17+/m0/s1. The van der Waals surface area contributed by atoms with Crippen molar-refractivity contribution in [2.45, 2.75) is 31.5 Å². The van der Waals surface area contributed by atoms with E-state index in [1.54, 1.807) is 17.2 Å². The normalized spacial score (nSPS) is 21.7. The molecular formula is C20H20FN3O3. The molecule has 2 amide bonds. The van der Waals surface area contributed by atoms with Crippen molar-refractivity contribution < 1.29 is 18.7 Å². The van der Waals surface area contributed by atoms with Gasteiger partial charge in [-0.2, -0.15) is 0 Å². The van der Waals surface area contributed by atoms with Crippen LogP contribution in [0.5, 0.6) is 0 Å². The van der Waals surface area contributed by atoms with Crippen molar-refractivity contribution in [3.63, 3.8) is 0 Å². The van der Waals surface area contributed by atoms with E-state index in [1.807, 2.05) is 18.2 Å². The quantitative estimate of drug-likeness (QED) is 0.899. The van der Waals surface area contributed by atoms with Crippen LogP contribution in [0.4, 0.5) is 10.1 Å². The number of likely N-dealkylation sites (tertiary alicyclic amines) is 1. The summed E-state index contributed by atoms with van der Waals surface area (Å²) in [4.78, 5) is 30.9. The third-order valence-electron chi connectivity index (χ3n) is 5.00. The smallest absolute Gasteiger partial charge is 0.230 e. The molecule has 2 aliphatic heterocycles. The molecule has 0 bridgehead atoms. The lowest BCUT2D eigenvalue weighted by molar-refractivity contribution is -0.134. The summed E-state index contributed by atoms with van der Waals surface area (Å²) >= 11 is 0. The Labute approximate surface area is 156 Å². The fraction of sp³-hybridized carbons (Fsp3) is 0.350. The predicted molar refractivity (Wildman–Crippen MR) is 96.4 cm³/mol. The zero-order valence-corrected chi connectivity index (χ0v) is 14.7. The minimum Gasteiger partial charge on any atom is -0.370 e. The molecule has 1 saturated heterocycles. The van der Waals surface area contributed by atoms with Crippen molar-refractivity contribution in [1.29, 1.82) is 0 Å². The van der Waals surface area contributed by atoms with E-state index in [0.717, 1.165) is 12.1 Å². The highest BCUT2D eigenvalue weighted by Gasteiger charge is 2.36. The van der Waals surface area contributed by atoms with Crippen LogP contribution in [0, 0.1) is 5.82 Å². The van der Waals surface area contributed by atoms with Gasteiger partial charge in [0.1, 0.15) is 5.82 Å². The molecule has 0 radical (unpaired) electrons. The number of hydrogen-bond acceptors (Lipinski definition) is 4. The van der Waals surface area contributed by atoms with Gasteiger partial charge >= 0.3 is 0 Å². The zero-order chi connectivity index (χ0) is 18.8. The molecule has 4 rings (SSSR count). The van der Waals surface area contributed by atoms with Gasteiger partial charge in [-0.3, -0.25) is 14.6 Å². The van der Waals surface area contributed by atoms with Crippen molar-refractivity contribution in [2.24, 2.45) is 0 Å². The maximum absolute atomic E-state index is 13.5. The first-order chi connectivity index (χ1) is 13.1. The van der Waals surface area contributed by atoms with Crippen molar-refractivity contribution >= 4 is 17.5 Å². The van der Waals surface area contributed by atoms with E-state index < -0.39 is 11.7 Å². The number of carbonyl (C=O) groups excluding carboxylic acids is 2. The Bertz CT molecular complexity index is 859. The van der Waals surface area contributed by atoms with E-state index in [0.29, 0.717) is 30.9 Å². The summed E-state index contributed by atoms with van der Waals surface area (Å²) in [5, 5.41) is 2.64. The van der Waals surface area contributed by atoms with Gasteiger partial charge in [-0.15, -0.1) is 0 Å². The molecule has 2 aromatic rings. The van der Waals surface area contributed by atoms with Crippen molar-refractivity contribution in [3.8, 4) is 0 Å². The van der Waals surface area contributed by atoms with Crippen LogP contribution in [0.25, 0.3) is 0 Å². The van der Waals surface area contributed by atoms with Gasteiger partial charge in [0.15, 0.2) is 0 Å². The van der Waals surface area contributed by atoms with Crippen molar-refractivity contribution in [3.05, 3.63) is 59.7 Å². The van der Waals surface area contributed by atoms with E-state index in [9.17, 15) is 14.0 Å². The molecule has 27 heavy (non-hydrogen) atoms. The number of pyridine rings is 1. The minimum atomic E-state index is -0.580. The number of fused-ring (bicyclic) bond motifs is 1. The number of nitrogens with zero attached hydrogens (tertiary/aromatic N) is 2. The highest BCUT2D eigenvalue weighted by Crippen LogP contribution is 2.35. The van der Waals surface area contributed by atoms with Crippen LogP contribution in [-0.4, -0.2) is 40.9 Å². The van der Waals surface area contributed by atoms with Gasteiger partial charge in [0.2, 0.25) is 11.8 Å². The van der Waals surface area contributed by atoms with Crippen LogP contribution in [0.15, 0.2) is 42.6 Å². The average molecular weight is 369 g/mol. The monoisotopic (exact) mass is 369 g/mol. The number of amides is 2. The fourth-order valence-electron chi connectivity index (χ4n) is 3.63. The van der Waals surface area contributed by atoms with E-state index in [2.05, 4.69) is 10.3 Å². The first kappa shape index (κ1) is 17.6. The minimum absolute atomic E-state index is 0.0546. The van der Waals surface area contributed by atoms with E-state index in [4.69, 9.17) is 4.74 Å². The molecule has 3 heterocycles. The summed E-state index contributed by atoms with van der Waals surface area (Å²) in [6.45, 7) is 1.47. The Morgan fingerprint density at radius 2 is 2.22 bits per heavy atom. The lowest BCUT2D eigenvalue weighted by Gasteiger charge is -2.28. The third kappa shape index (κ3) is 3.83. The average Bonchev–Trinajstić information content (AvgIpc) is 3.14. The second-order valence-corrected chi connectivity index (χ2v) is 6.86. The maximum Gasteiger partial charge on any atom is 0.230 e. The molecule has 1 N–H and O–H groups in total. The summed E-state index contributed by atoms with van der Waals surface area (Å²) in [5.41, 5.74) is 1.90.